The van der Waals surface area contributed by atoms with Crippen molar-refractivity contribution in [3.05, 3.63) is 34.7 Å². The topological polar surface area (TPSA) is 63.2 Å². The first kappa shape index (κ1) is 17.4. The number of amides is 1. The fraction of sp³-hybridized carbons (Fsp3) is 0.412. The van der Waals surface area contributed by atoms with Crippen molar-refractivity contribution in [1.82, 2.24) is 10.3 Å². The zero-order valence-corrected chi connectivity index (χ0v) is 15.0. The van der Waals surface area contributed by atoms with Crippen LogP contribution in [0.3, 0.4) is 0 Å². The molecule has 1 aliphatic rings. The highest BCUT2D eigenvalue weighted by Crippen LogP contribution is 2.33. The number of piperidine rings is 1. The van der Waals surface area contributed by atoms with Crippen LogP contribution in [0.5, 0.6) is 0 Å². The van der Waals surface area contributed by atoms with E-state index in [0.29, 0.717) is 16.8 Å². The molecule has 2 aromatic rings. The van der Waals surface area contributed by atoms with Crippen LogP contribution < -0.4 is 10.6 Å². The predicted molar refractivity (Wildman–Crippen MR) is 97.6 cm³/mol. The number of carbonyl (C=O) groups is 1. The van der Waals surface area contributed by atoms with Crippen LogP contribution in [0, 0.1) is 5.41 Å². The Morgan fingerprint density at radius 3 is 2.88 bits per heavy atom. The molecule has 1 fully saturated rings. The number of methoxy groups -OCH3 is 1. The third-order valence-corrected chi connectivity index (χ3v) is 5.42. The molecule has 5 nitrogen and oxygen atoms in total. The Labute approximate surface area is 150 Å². The number of nitrogens with zero attached hydrogens (tertiary/aromatic N) is 1. The molecule has 1 aromatic carbocycles. The second-order valence-electron chi connectivity index (χ2n) is 5.94. The number of benzene rings is 1. The van der Waals surface area contributed by atoms with E-state index in [1.54, 1.807) is 7.11 Å². The Hall–Kier alpha value is -1.47. The Morgan fingerprint density at radius 2 is 2.17 bits per heavy atom. The van der Waals surface area contributed by atoms with E-state index in [1.807, 2.05) is 29.6 Å². The number of nitrogens with one attached hydrogen (secondary N) is 2. The van der Waals surface area contributed by atoms with Crippen molar-refractivity contribution in [1.29, 1.82) is 0 Å². The highest BCUT2D eigenvalue weighted by molar-refractivity contribution is 7.14. The summed E-state index contributed by atoms with van der Waals surface area (Å²) in [6.45, 7) is 2.06. The molecule has 1 aliphatic heterocycles. The summed E-state index contributed by atoms with van der Waals surface area (Å²) in [6.07, 6.45) is 1.52. The van der Waals surface area contributed by atoms with E-state index in [0.717, 1.165) is 37.2 Å². The maximum atomic E-state index is 12.8. The number of anilines is 1. The van der Waals surface area contributed by atoms with Crippen LogP contribution in [0.1, 0.15) is 12.8 Å². The summed E-state index contributed by atoms with van der Waals surface area (Å²) in [7, 11) is 1.63. The van der Waals surface area contributed by atoms with Crippen LogP contribution >= 0.6 is 22.9 Å². The minimum absolute atomic E-state index is 0.0223. The van der Waals surface area contributed by atoms with Crippen LogP contribution in [-0.2, 0) is 9.53 Å². The highest BCUT2D eigenvalue weighted by atomic mass is 35.5. The first-order valence-corrected chi connectivity index (χ1v) is 9.12. The molecule has 1 saturated heterocycles. The average Bonchev–Trinajstić information content (AvgIpc) is 3.04. The number of hydrogen-bond acceptors (Lipinski definition) is 5. The fourth-order valence-corrected chi connectivity index (χ4v) is 3.91. The Morgan fingerprint density at radius 1 is 1.42 bits per heavy atom. The molecule has 2 N–H and O–H groups in total. The van der Waals surface area contributed by atoms with Gasteiger partial charge < -0.3 is 15.4 Å². The van der Waals surface area contributed by atoms with Gasteiger partial charge in [0.1, 0.15) is 0 Å². The number of rotatable bonds is 5. The van der Waals surface area contributed by atoms with E-state index in [-0.39, 0.29) is 5.91 Å². The third-order valence-electron chi connectivity index (χ3n) is 4.34. The van der Waals surface area contributed by atoms with Gasteiger partial charge in [-0.05, 0) is 32.0 Å². The van der Waals surface area contributed by atoms with E-state index in [4.69, 9.17) is 16.3 Å². The number of halogens is 1. The van der Waals surface area contributed by atoms with E-state index < -0.39 is 5.41 Å². The molecule has 0 saturated carbocycles. The quantitative estimate of drug-likeness (QED) is 0.852. The van der Waals surface area contributed by atoms with Gasteiger partial charge in [-0.25, -0.2) is 4.98 Å². The van der Waals surface area contributed by atoms with Crippen LogP contribution in [0.15, 0.2) is 29.6 Å². The van der Waals surface area contributed by atoms with Gasteiger partial charge in [0.05, 0.1) is 17.7 Å². The molecule has 0 bridgehead atoms. The van der Waals surface area contributed by atoms with Gasteiger partial charge in [0, 0.05) is 23.1 Å². The largest absolute Gasteiger partial charge is 0.384 e. The number of ether oxygens (including phenoxy) is 1. The van der Waals surface area contributed by atoms with Gasteiger partial charge in [-0.1, -0.05) is 29.8 Å². The van der Waals surface area contributed by atoms with Crippen molar-refractivity contribution in [2.75, 3.05) is 32.1 Å². The zero-order valence-electron chi connectivity index (χ0n) is 13.5. The Kier molecular flexibility index (Phi) is 5.50. The lowest BCUT2D eigenvalue weighted by Gasteiger charge is -2.35. The molecule has 1 aromatic heterocycles. The summed E-state index contributed by atoms with van der Waals surface area (Å²) in [5, 5.41) is 9.39. The smallest absolute Gasteiger partial charge is 0.234 e. The molecule has 0 radical (unpaired) electrons. The first-order chi connectivity index (χ1) is 11.6. The molecule has 1 amide bonds. The van der Waals surface area contributed by atoms with Gasteiger partial charge >= 0.3 is 0 Å². The van der Waals surface area contributed by atoms with Gasteiger partial charge in [-0.15, -0.1) is 11.3 Å². The number of carbonyl (C=O) groups excluding carboxylic acids is 1. The van der Waals surface area contributed by atoms with Gasteiger partial charge in [0.15, 0.2) is 5.13 Å². The number of aromatic nitrogens is 1. The minimum Gasteiger partial charge on any atom is -0.384 e. The van der Waals surface area contributed by atoms with Crippen LogP contribution in [0.25, 0.3) is 11.3 Å². The van der Waals surface area contributed by atoms with E-state index in [2.05, 4.69) is 15.6 Å². The predicted octanol–water partition coefficient (Wildman–Crippen LogP) is 3.42. The lowest BCUT2D eigenvalue weighted by atomic mass is 9.79. The zero-order chi connectivity index (χ0) is 17.0. The monoisotopic (exact) mass is 365 g/mol. The summed E-state index contributed by atoms with van der Waals surface area (Å²) in [5.41, 5.74) is 1.15. The molecule has 0 spiro atoms. The van der Waals surface area contributed by atoms with Gasteiger partial charge in [-0.3, -0.25) is 4.79 Å². The molecular formula is C17H20ClN3O2S. The normalized spacial score (nSPS) is 16.8. The molecule has 3 rings (SSSR count). The standard InChI is InChI=1S/C17H20ClN3O2S/c1-23-11-17(6-8-19-9-7-17)15(22)21-16-20-14(10-24-16)12-4-2-3-5-13(12)18/h2-5,10,19H,6-9,11H2,1H3,(H,20,21,22). The van der Waals surface area contributed by atoms with Crippen molar-refractivity contribution >= 4 is 34.0 Å². The molecule has 128 valence electrons. The molecule has 2 heterocycles. The number of thiazole rings is 1. The summed E-state index contributed by atoms with van der Waals surface area (Å²) in [4.78, 5) is 17.3. The second kappa shape index (κ2) is 7.61. The lowest BCUT2D eigenvalue weighted by Crippen LogP contribution is -2.47. The van der Waals surface area contributed by atoms with E-state index >= 15 is 0 Å². The molecular weight excluding hydrogens is 346 g/mol. The number of hydrogen-bond donors (Lipinski definition) is 2. The van der Waals surface area contributed by atoms with Crippen LogP contribution in [0.4, 0.5) is 5.13 Å². The second-order valence-corrected chi connectivity index (χ2v) is 7.20. The maximum absolute atomic E-state index is 12.8. The molecule has 0 aliphatic carbocycles. The fourth-order valence-electron chi connectivity index (χ4n) is 2.97. The maximum Gasteiger partial charge on any atom is 0.234 e. The van der Waals surface area contributed by atoms with Crippen molar-refractivity contribution in [2.45, 2.75) is 12.8 Å². The summed E-state index contributed by atoms with van der Waals surface area (Å²) < 4.78 is 5.31. The molecule has 0 atom stereocenters. The van der Waals surface area contributed by atoms with Crippen molar-refractivity contribution in [2.24, 2.45) is 5.41 Å². The van der Waals surface area contributed by atoms with Crippen molar-refractivity contribution in [3.63, 3.8) is 0 Å². The van der Waals surface area contributed by atoms with Crippen LogP contribution in [-0.4, -0.2) is 37.7 Å². The van der Waals surface area contributed by atoms with Gasteiger partial charge in [0.2, 0.25) is 5.91 Å². The van der Waals surface area contributed by atoms with Crippen LogP contribution in [0.2, 0.25) is 5.02 Å². The molecule has 7 heteroatoms. The average molecular weight is 366 g/mol. The highest BCUT2D eigenvalue weighted by Gasteiger charge is 2.40. The first-order valence-electron chi connectivity index (χ1n) is 7.86. The minimum atomic E-state index is -0.490. The molecule has 0 unspecified atom stereocenters. The molecule has 24 heavy (non-hydrogen) atoms. The summed E-state index contributed by atoms with van der Waals surface area (Å²) >= 11 is 7.62. The Balaban J connectivity index is 1.76. The van der Waals surface area contributed by atoms with Crippen molar-refractivity contribution in [3.8, 4) is 11.3 Å². The SMILES string of the molecule is COCC1(C(=O)Nc2nc(-c3ccccc3Cl)cs2)CCNCC1. The van der Waals surface area contributed by atoms with Crippen molar-refractivity contribution < 1.29 is 9.53 Å². The summed E-state index contributed by atoms with van der Waals surface area (Å²) in [6, 6.07) is 7.55. The van der Waals surface area contributed by atoms with E-state index in [1.165, 1.54) is 11.3 Å². The van der Waals surface area contributed by atoms with E-state index in [9.17, 15) is 4.79 Å². The Bertz CT molecular complexity index is 708. The lowest BCUT2D eigenvalue weighted by molar-refractivity contribution is -0.130. The van der Waals surface area contributed by atoms with Gasteiger partial charge in [-0.2, -0.15) is 0 Å². The third kappa shape index (κ3) is 3.62. The summed E-state index contributed by atoms with van der Waals surface area (Å²) in [5.74, 6) is -0.0223. The van der Waals surface area contributed by atoms with Gasteiger partial charge in [0.25, 0.3) is 0 Å².